The van der Waals surface area contributed by atoms with Crippen LogP contribution in [0.1, 0.15) is 0 Å². The molecule has 3 aromatic carbocycles. The maximum atomic E-state index is 13.4. The summed E-state index contributed by atoms with van der Waals surface area (Å²) >= 11 is 3.56. The van der Waals surface area contributed by atoms with Crippen molar-refractivity contribution in [1.29, 1.82) is 0 Å². The van der Waals surface area contributed by atoms with Gasteiger partial charge in [-0.05, 0) is 0 Å². The van der Waals surface area contributed by atoms with Crippen molar-refractivity contribution in [2.75, 3.05) is 0 Å². The summed E-state index contributed by atoms with van der Waals surface area (Å²) in [6.07, 6.45) is 0. The zero-order valence-electron chi connectivity index (χ0n) is 12.3. The third-order valence-electron chi connectivity index (χ3n) is 3.84. The topological polar surface area (TPSA) is 0 Å². The van der Waals surface area contributed by atoms with E-state index in [-0.39, 0.29) is 17.5 Å². The summed E-state index contributed by atoms with van der Waals surface area (Å²) in [6, 6.07) is 18.5. The Kier molecular flexibility index (Phi) is 4.89. The predicted molar refractivity (Wildman–Crippen MR) is 102 cm³/mol. The quantitative estimate of drug-likeness (QED) is 0.415. The van der Waals surface area contributed by atoms with Crippen molar-refractivity contribution in [1.82, 2.24) is 0 Å². The monoisotopic (exact) mass is 564 g/mol. The van der Waals surface area contributed by atoms with Gasteiger partial charge in [-0.3, -0.25) is 0 Å². The van der Waals surface area contributed by atoms with E-state index in [1.54, 1.807) is 36.4 Å². The van der Waals surface area contributed by atoms with E-state index in [2.05, 4.69) is 25.2 Å². The van der Waals surface area contributed by atoms with Crippen LogP contribution in [0.15, 0.2) is 72.8 Å². The van der Waals surface area contributed by atoms with E-state index in [1.165, 1.54) is 36.4 Å². The fourth-order valence-electron chi connectivity index (χ4n) is 2.56. The van der Waals surface area contributed by atoms with Crippen LogP contribution < -0.4 is 10.5 Å². The predicted octanol–water partition coefficient (Wildman–Crippen LogP) is 4.31. The van der Waals surface area contributed by atoms with Gasteiger partial charge in [0.1, 0.15) is 0 Å². The Hall–Kier alpha value is -0.772. The van der Waals surface area contributed by atoms with Gasteiger partial charge < -0.3 is 0 Å². The van der Waals surface area contributed by atoms with Crippen LogP contribution in [0.2, 0.25) is 0 Å². The van der Waals surface area contributed by atoms with Crippen LogP contribution >= 0.6 is 25.2 Å². The summed E-state index contributed by atoms with van der Waals surface area (Å²) in [7, 11) is 0. The van der Waals surface area contributed by atoms with Crippen molar-refractivity contribution >= 4 is 48.6 Å². The molecule has 0 bridgehead atoms. The van der Waals surface area contributed by atoms with Crippen LogP contribution in [0.4, 0.5) is 13.2 Å². The van der Waals surface area contributed by atoms with E-state index in [1.807, 2.05) is 0 Å². The van der Waals surface area contributed by atoms with E-state index in [9.17, 15) is 13.2 Å². The summed E-state index contributed by atoms with van der Waals surface area (Å²) in [5.41, 5.74) is 0. The molecule has 0 unspecified atom stereocenters. The van der Waals surface area contributed by atoms with E-state index >= 15 is 0 Å². The summed E-state index contributed by atoms with van der Waals surface area (Å²) in [6.45, 7) is 0. The second-order valence-corrected chi connectivity index (χ2v) is 40.3. The Balaban J connectivity index is 2.33. The van der Waals surface area contributed by atoms with Crippen LogP contribution in [-0.2, 0) is 0 Å². The van der Waals surface area contributed by atoms with Gasteiger partial charge >= 0.3 is 152 Å². The SMILES string of the molecule is Fc1cc[c]([Sb]([Br])([Br])([c]2ccc(F)cc2)[c]2ccc(F)cc2)cc1. The fourth-order valence-corrected chi connectivity index (χ4v) is 20.4. The van der Waals surface area contributed by atoms with Crippen LogP contribution in [0.5, 0.6) is 0 Å². The summed E-state index contributed by atoms with van der Waals surface area (Å²) < 4.78 is 42.8. The molecule has 0 heterocycles. The second kappa shape index (κ2) is 6.51. The third kappa shape index (κ3) is 3.07. The standard InChI is InChI=1S/3C6H4F.2BrH.Sb/c3*7-6-4-2-1-3-5-6;;;/h3*2-5H;2*1H;/q;;;;;+2/p-2. The van der Waals surface area contributed by atoms with Crippen molar-refractivity contribution in [3.05, 3.63) is 90.2 Å². The first-order chi connectivity index (χ1) is 11.3. The van der Waals surface area contributed by atoms with Gasteiger partial charge in [0, 0.05) is 0 Å². The molecule has 24 heavy (non-hydrogen) atoms. The van der Waals surface area contributed by atoms with Crippen LogP contribution in [0, 0.1) is 17.5 Å². The minimum absolute atomic E-state index is 0.340. The normalized spacial score (nSPS) is 13.3. The Morgan fingerprint density at radius 1 is 0.458 bits per heavy atom. The molecule has 124 valence electrons. The Bertz CT molecular complexity index is 743. The average Bonchev–Trinajstić information content (AvgIpc) is 2.56. The van der Waals surface area contributed by atoms with E-state index in [0.717, 1.165) is 10.5 Å². The molecule has 0 radical (unpaired) electrons. The van der Waals surface area contributed by atoms with Gasteiger partial charge in [0.2, 0.25) is 0 Å². The van der Waals surface area contributed by atoms with E-state index in [4.69, 9.17) is 0 Å². The molecular weight excluding hydrogens is 555 g/mol. The maximum absolute atomic E-state index is 13.4. The van der Waals surface area contributed by atoms with Crippen molar-refractivity contribution in [2.24, 2.45) is 0 Å². The van der Waals surface area contributed by atoms with Gasteiger partial charge in [-0.25, -0.2) is 0 Å². The van der Waals surface area contributed by atoms with Gasteiger partial charge in [0.25, 0.3) is 0 Å². The van der Waals surface area contributed by atoms with Crippen LogP contribution in [0.25, 0.3) is 0 Å². The van der Waals surface area contributed by atoms with Crippen molar-refractivity contribution in [2.45, 2.75) is 0 Å². The fraction of sp³-hybridized carbons (Fsp3) is 0. The zero-order valence-corrected chi connectivity index (χ0v) is 18.0. The number of hydrogen-bond acceptors (Lipinski definition) is 0. The summed E-state index contributed by atoms with van der Waals surface area (Å²) in [5.74, 6) is -1.02. The Morgan fingerprint density at radius 2 is 0.667 bits per heavy atom. The minimum atomic E-state index is -4.32. The number of hydrogen-bond donors (Lipinski definition) is 0. The van der Waals surface area contributed by atoms with Crippen molar-refractivity contribution < 1.29 is 13.2 Å². The molecule has 0 amide bonds. The van der Waals surface area contributed by atoms with Crippen molar-refractivity contribution in [3.8, 4) is 0 Å². The first-order valence-corrected chi connectivity index (χ1v) is 22.3. The molecule has 0 N–H and O–H groups in total. The van der Waals surface area contributed by atoms with Gasteiger partial charge in [0.15, 0.2) is 0 Å². The molecule has 0 nitrogen and oxygen atoms in total. The first-order valence-electron chi connectivity index (χ1n) is 7.04. The second-order valence-electron chi connectivity index (χ2n) is 5.34. The summed E-state index contributed by atoms with van der Waals surface area (Å²) in [4.78, 5) is 0. The Labute approximate surface area is 151 Å². The van der Waals surface area contributed by atoms with Crippen LogP contribution in [-0.4, -0.2) is 12.9 Å². The van der Waals surface area contributed by atoms with Gasteiger partial charge in [-0.15, -0.1) is 0 Å². The number of rotatable bonds is 3. The molecule has 0 aromatic heterocycles. The number of benzene rings is 3. The Morgan fingerprint density at radius 3 is 0.875 bits per heavy atom. The first kappa shape index (κ1) is 18.0. The molecule has 0 saturated carbocycles. The molecule has 3 rings (SSSR count). The molecule has 6 heteroatoms. The van der Waals surface area contributed by atoms with E-state index < -0.39 is 12.9 Å². The van der Waals surface area contributed by atoms with Crippen LogP contribution in [0.3, 0.4) is 0 Å². The molecule has 0 aliphatic rings. The third-order valence-corrected chi connectivity index (χ3v) is 30.6. The molecule has 0 aliphatic carbocycles. The molecule has 3 aromatic rings. The van der Waals surface area contributed by atoms with Gasteiger partial charge in [-0.2, -0.15) is 0 Å². The van der Waals surface area contributed by atoms with Gasteiger partial charge in [0.05, 0.1) is 0 Å². The molecule has 0 spiro atoms. The molecule has 0 aliphatic heterocycles. The molecule has 0 saturated heterocycles. The molecular formula is C18H12Br2F3Sb. The number of halogens is 5. The van der Waals surface area contributed by atoms with Crippen molar-refractivity contribution in [3.63, 3.8) is 0 Å². The summed E-state index contributed by atoms with van der Waals surface area (Å²) in [5, 5.41) is 0. The average molecular weight is 567 g/mol. The molecule has 0 atom stereocenters. The zero-order chi connectivity index (χ0) is 17.4. The molecule has 0 fully saturated rings. The van der Waals surface area contributed by atoms with E-state index in [0.29, 0.717) is 0 Å². The van der Waals surface area contributed by atoms with Gasteiger partial charge in [-0.1, -0.05) is 0 Å².